The maximum Gasteiger partial charge on any atom is 0.248 e. The van der Waals surface area contributed by atoms with Gasteiger partial charge in [0.2, 0.25) is 5.91 Å². The molecule has 2 aromatic rings. The number of hydrogen-bond acceptors (Lipinski definition) is 2. The third-order valence-corrected chi connectivity index (χ3v) is 3.77. The number of hydrogen-bond donors (Lipinski definition) is 1. The zero-order valence-corrected chi connectivity index (χ0v) is 14.8. The topological polar surface area (TPSA) is 46.3 Å². The highest BCUT2D eigenvalue weighted by atomic mass is 35.5. The van der Waals surface area contributed by atoms with Crippen molar-refractivity contribution in [1.82, 2.24) is 0 Å². The van der Waals surface area contributed by atoms with Crippen molar-refractivity contribution in [2.75, 3.05) is 18.0 Å². The van der Waals surface area contributed by atoms with Crippen LogP contribution in [0.15, 0.2) is 54.6 Å². The maximum atomic E-state index is 10.8. The molecule has 0 saturated heterocycles. The number of halogens is 1. The molecule has 1 atom stereocenters. The average Bonchev–Trinajstić information content (AvgIpc) is 2.57. The molecule has 0 saturated carbocycles. The van der Waals surface area contributed by atoms with Crippen LogP contribution < -0.4 is 10.6 Å². The normalized spacial score (nSPS) is 11.1. The summed E-state index contributed by atoms with van der Waals surface area (Å²) in [5.74, 6) is -0.422. The molecule has 124 valence electrons. The van der Waals surface area contributed by atoms with E-state index in [0.29, 0.717) is 5.56 Å². The molecule has 3 nitrogen and oxygen atoms in total. The molecule has 0 heterocycles. The number of carbonyl (C=O) groups is 1. The molecule has 0 aliphatic carbocycles. The van der Waals surface area contributed by atoms with E-state index < -0.39 is 5.91 Å². The van der Waals surface area contributed by atoms with E-state index in [1.807, 2.05) is 19.1 Å². The van der Waals surface area contributed by atoms with Gasteiger partial charge < -0.3 is 10.6 Å². The summed E-state index contributed by atoms with van der Waals surface area (Å²) in [6.45, 7) is 8.37. The summed E-state index contributed by atoms with van der Waals surface area (Å²) in [5.41, 5.74) is 7.83. The average molecular weight is 333 g/mol. The van der Waals surface area contributed by atoms with E-state index in [2.05, 4.69) is 43.0 Å². The van der Waals surface area contributed by atoms with Crippen LogP contribution >= 0.6 is 11.6 Å². The molecule has 2 N–H and O–H groups in total. The van der Waals surface area contributed by atoms with Crippen LogP contribution in [0.1, 0.15) is 42.1 Å². The predicted molar refractivity (Wildman–Crippen MR) is 99.2 cm³/mol. The van der Waals surface area contributed by atoms with Gasteiger partial charge in [0.15, 0.2) is 0 Å². The summed E-state index contributed by atoms with van der Waals surface area (Å²) in [6.07, 6.45) is 0. The van der Waals surface area contributed by atoms with Gasteiger partial charge in [-0.2, -0.15) is 0 Å². The number of amides is 1. The minimum atomic E-state index is -0.422. The van der Waals surface area contributed by atoms with Crippen LogP contribution in [0.2, 0.25) is 0 Å². The third kappa shape index (κ3) is 6.33. The Balaban J connectivity index is 0.000000231. The summed E-state index contributed by atoms with van der Waals surface area (Å²) >= 11 is 5.83. The Labute approximate surface area is 144 Å². The summed E-state index contributed by atoms with van der Waals surface area (Å²) in [5, 5.41) is -0.0932. The van der Waals surface area contributed by atoms with E-state index >= 15 is 0 Å². The number of nitrogens with two attached hydrogens (primary N) is 1. The SMILES string of the molecule is CC(Cl)c1cccc(C(N)=O)c1.CCN(CC)c1ccccc1. The lowest BCUT2D eigenvalue weighted by Crippen LogP contribution is -2.21. The van der Waals surface area contributed by atoms with Crippen LogP contribution in [0.3, 0.4) is 0 Å². The lowest BCUT2D eigenvalue weighted by atomic mass is 10.1. The first-order chi connectivity index (χ1) is 11.0. The van der Waals surface area contributed by atoms with E-state index in [1.54, 1.807) is 18.2 Å². The van der Waals surface area contributed by atoms with Gasteiger partial charge >= 0.3 is 0 Å². The van der Waals surface area contributed by atoms with Crippen molar-refractivity contribution in [3.63, 3.8) is 0 Å². The lowest BCUT2D eigenvalue weighted by molar-refractivity contribution is 0.1000. The Morgan fingerprint density at radius 3 is 2.17 bits per heavy atom. The molecule has 0 bridgehead atoms. The first-order valence-electron chi connectivity index (χ1n) is 7.83. The minimum absolute atomic E-state index is 0.0932. The van der Waals surface area contributed by atoms with Gasteiger partial charge in [0.1, 0.15) is 0 Å². The molecule has 0 aliphatic heterocycles. The molecule has 2 aromatic carbocycles. The third-order valence-electron chi connectivity index (χ3n) is 3.52. The Hall–Kier alpha value is -2.00. The second-order valence-electron chi connectivity index (χ2n) is 5.11. The minimum Gasteiger partial charge on any atom is -0.372 e. The van der Waals surface area contributed by atoms with Crippen molar-refractivity contribution >= 4 is 23.2 Å². The molecule has 0 fully saturated rings. The second kappa shape index (κ2) is 9.90. The van der Waals surface area contributed by atoms with Gasteiger partial charge in [0.05, 0.1) is 5.38 Å². The van der Waals surface area contributed by atoms with E-state index in [0.717, 1.165) is 18.7 Å². The van der Waals surface area contributed by atoms with Crippen molar-refractivity contribution in [3.05, 3.63) is 65.7 Å². The van der Waals surface area contributed by atoms with E-state index in [-0.39, 0.29) is 5.38 Å². The predicted octanol–water partition coefficient (Wildman–Crippen LogP) is 4.62. The summed E-state index contributed by atoms with van der Waals surface area (Å²) in [6, 6.07) is 17.5. The largest absolute Gasteiger partial charge is 0.372 e. The fourth-order valence-electron chi connectivity index (χ4n) is 2.17. The number of alkyl halides is 1. The molecule has 1 amide bonds. The molecule has 0 aromatic heterocycles. The van der Waals surface area contributed by atoms with Gasteiger partial charge in [0.25, 0.3) is 0 Å². The van der Waals surface area contributed by atoms with Crippen molar-refractivity contribution < 1.29 is 4.79 Å². The highest BCUT2D eigenvalue weighted by Crippen LogP contribution is 2.19. The van der Waals surface area contributed by atoms with E-state index in [4.69, 9.17) is 17.3 Å². The summed E-state index contributed by atoms with van der Waals surface area (Å²) < 4.78 is 0. The molecule has 0 spiro atoms. The quantitative estimate of drug-likeness (QED) is 0.812. The van der Waals surface area contributed by atoms with Gasteiger partial charge in [-0.05, 0) is 50.6 Å². The smallest absolute Gasteiger partial charge is 0.248 e. The van der Waals surface area contributed by atoms with Crippen LogP contribution in [-0.4, -0.2) is 19.0 Å². The molecule has 2 rings (SSSR count). The second-order valence-corrected chi connectivity index (χ2v) is 5.77. The number of nitrogens with zero attached hydrogens (tertiary/aromatic N) is 1. The maximum absolute atomic E-state index is 10.8. The van der Waals surface area contributed by atoms with E-state index in [1.165, 1.54) is 5.69 Å². The van der Waals surface area contributed by atoms with Crippen LogP contribution in [0.25, 0.3) is 0 Å². The lowest BCUT2D eigenvalue weighted by Gasteiger charge is -2.20. The number of rotatable bonds is 5. The Morgan fingerprint density at radius 1 is 1.09 bits per heavy atom. The zero-order chi connectivity index (χ0) is 17.2. The van der Waals surface area contributed by atoms with Crippen molar-refractivity contribution in [2.45, 2.75) is 26.1 Å². The fraction of sp³-hybridized carbons (Fsp3) is 0.316. The number of anilines is 1. The van der Waals surface area contributed by atoms with Crippen molar-refractivity contribution in [1.29, 1.82) is 0 Å². The van der Waals surface area contributed by atoms with Gasteiger partial charge in [-0.3, -0.25) is 4.79 Å². The van der Waals surface area contributed by atoms with Crippen LogP contribution in [0.4, 0.5) is 5.69 Å². The van der Waals surface area contributed by atoms with Crippen molar-refractivity contribution in [2.24, 2.45) is 5.73 Å². The first kappa shape index (κ1) is 19.0. The van der Waals surface area contributed by atoms with Crippen LogP contribution in [0.5, 0.6) is 0 Å². The number of benzene rings is 2. The van der Waals surface area contributed by atoms with Gasteiger partial charge in [-0.25, -0.2) is 0 Å². The molecule has 4 heteroatoms. The summed E-state index contributed by atoms with van der Waals surface area (Å²) in [4.78, 5) is 13.1. The molecule has 23 heavy (non-hydrogen) atoms. The zero-order valence-electron chi connectivity index (χ0n) is 14.0. The van der Waals surface area contributed by atoms with Gasteiger partial charge in [-0.15, -0.1) is 11.6 Å². The molecule has 0 aliphatic rings. The molecule has 0 radical (unpaired) electrons. The number of primary amides is 1. The number of para-hydroxylation sites is 1. The monoisotopic (exact) mass is 332 g/mol. The Morgan fingerprint density at radius 2 is 1.70 bits per heavy atom. The Kier molecular flexibility index (Phi) is 8.20. The first-order valence-corrected chi connectivity index (χ1v) is 8.27. The van der Waals surface area contributed by atoms with Crippen LogP contribution in [0, 0.1) is 0 Å². The van der Waals surface area contributed by atoms with Crippen molar-refractivity contribution in [3.8, 4) is 0 Å². The van der Waals surface area contributed by atoms with Gasteiger partial charge in [0, 0.05) is 24.3 Å². The molecular weight excluding hydrogens is 308 g/mol. The van der Waals surface area contributed by atoms with E-state index in [9.17, 15) is 4.79 Å². The van der Waals surface area contributed by atoms with Crippen LogP contribution in [-0.2, 0) is 0 Å². The summed E-state index contributed by atoms with van der Waals surface area (Å²) in [7, 11) is 0. The highest BCUT2D eigenvalue weighted by molar-refractivity contribution is 6.20. The molecular formula is C19H25ClN2O. The number of carbonyl (C=O) groups excluding carboxylic acids is 1. The Bertz CT molecular complexity index is 595. The van der Waals surface area contributed by atoms with Gasteiger partial charge in [-0.1, -0.05) is 30.3 Å². The standard InChI is InChI=1S/C10H15N.C9H10ClNO/c1-3-11(4-2)10-8-6-5-7-9-10;1-6(10)7-3-2-4-8(5-7)9(11)12/h5-9H,3-4H2,1-2H3;2-6H,1H3,(H2,11,12). The molecule has 1 unspecified atom stereocenters. The fourth-order valence-corrected chi connectivity index (χ4v) is 2.30. The highest BCUT2D eigenvalue weighted by Gasteiger charge is 2.04.